The predicted molar refractivity (Wildman–Crippen MR) is 70.9 cm³/mol. The summed E-state index contributed by atoms with van der Waals surface area (Å²) in [4.78, 5) is 12.3. The lowest BCUT2D eigenvalue weighted by Gasteiger charge is -2.18. The number of hydrogen-bond donors (Lipinski definition) is 1. The number of benzene rings is 1. The molecule has 2 heterocycles. The summed E-state index contributed by atoms with van der Waals surface area (Å²) >= 11 is 3.44. The number of halogens is 1. The second-order valence-electron chi connectivity index (χ2n) is 5.16. The molecule has 17 heavy (non-hydrogen) atoms. The van der Waals surface area contributed by atoms with E-state index in [0.717, 1.165) is 16.5 Å². The van der Waals surface area contributed by atoms with Crippen molar-refractivity contribution in [1.82, 2.24) is 5.32 Å². The van der Waals surface area contributed by atoms with Gasteiger partial charge < -0.3 is 5.32 Å². The molecule has 3 rings (SSSR count). The summed E-state index contributed by atoms with van der Waals surface area (Å²) in [5, 5.41) is 3.53. The van der Waals surface area contributed by atoms with Crippen LogP contribution in [0.4, 0.5) is 0 Å². The van der Waals surface area contributed by atoms with Crippen LogP contribution in [0.5, 0.6) is 0 Å². The average molecular weight is 294 g/mol. The van der Waals surface area contributed by atoms with Crippen molar-refractivity contribution in [2.75, 3.05) is 0 Å². The largest absolute Gasteiger partial charge is 0.310 e. The standard InChI is InChI=1S/C14H16BrNO/c15-10-3-1-2-9(6-10)7-14(17)12-8-11-4-5-13(12)16-11/h1-3,6,11-13,16H,4-5,7-8H2. The molecule has 2 nitrogen and oxygen atoms in total. The molecule has 2 fully saturated rings. The maximum absolute atomic E-state index is 12.3. The minimum absolute atomic E-state index is 0.257. The van der Waals surface area contributed by atoms with Gasteiger partial charge in [0.2, 0.25) is 0 Å². The molecule has 2 aliphatic heterocycles. The van der Waals surface area contributed by atoms with Gasteiger partial charge in [0.15, 0.2) is 0 Å². The second kappa shape index (κ2) is 4.54. The van der Waals surface area contributed by atoms with Gasteiger partial charge in [0, 0.05) is 28.9 Å². The molecule has 1 aromatic carbocycles. The SMILES string of the molecule is O=C(Cc1cccc(Br)c1)C1CC2CCC1N2. The summed E-state index contributed by atoms with van der Waals surface area (Å²) in [6, 6.07) is 9.12. The van der Waals surface area contributed by atoms with Gasteiger partial charge in [-0.15, -0.1) is 0 Å². The predicted octanol–water partition coefficient (Wildman–Crippen LogP) is 2.70. The van der Waals surface area contributed by atoms with E-state index in [2.05, 4.69) is 21.2 Å². The summed E-state index contributed by atoms with van der Waals surface area (Å²) in [5.74, 6) is 0.663. The van der Waals surface area contributed by atoms with E-state index < -0.39 is 0 Å². The van der Waals surface area contributed by atoms with Crippen molar-refractivity contribution in [3.05, 3.63) is 34.3 Å². The Morgan fingerprint density at radius 3 is 2.94 bits per heavy atom. The van der Waals surface area contributed by atoms with Crippen LogP contribution in [0.2, 0.25) is 0 Å². The zero-order valence-corrected chi connectivity index (χ0v) is 11.2. The van der Waals surface area contributed by atoms with Gasteiger partial charge in [0.1, 0.15) is 5.78 Å². The topological polar surface area (TPSA) is 29.1 Å². The van der Waals surface area contributed by atoms with Crippen LogP contribution in [-0.4, -0.2) is 17.9 Å². The first-order chi connectivity index (χ1) is 8.22. The molecule has 1 N–H and O–H groups in total. The fourth-order valence-corrected chi connectivity index (χ4v) is 3.61. The molecule has 0 aromatic heterocycles. The molecule has 3 atom stereocenters. The van der Waals surface area contributed by atoms with Crippen molar-refractivity contribution in [2.45, 2.75) is 37.8 Å². The highest BCUT2D eigenvalue weighted by molar-refractivity contribution is 9.10. The van der Waals surface area contributed by atoms with E-state index in [-0.39, 0.29) is 5.92 Å². The Bertz CT molecular complexity index is 446. The van der Waals surface area contributed by atoms with Gasteiger partial charge in [-0.3, -0.25) is 4.79 Å². The lowest BCUT2D eigenvalue weighted by atomic mass is 9.84. The normalized spacial score (nSPS) is 30.8. The highest BCUT2D eigenvalue weighted by atomic mass is 79.9. The quantitative estimate of drug-likeness (QED) is 0.928. The number of fused-ring (bicyclic) bond motifs is 2. The third-order valence-electron chi connectivity index (χ3n) is 3.98. The third-order valence-corrected chi connectivity index (χ3v) is 4.47. The summed E-state index contributed by atoms with van der Waals surface area (Å²) in [7, 11) is 0. The van der Waals surface area contributed by atoms with E-state index in [0.29, 0.717) is 24.3 Å². The van der Waals surface area contributed by atoms with E-state index in [1.807, 2.05) is 24.3 Å². The zero-order valence-electron chi connectivity index (χ0n) is 9.66. The number of hydrogen-bond acceptors (Lipinski definition) is 2. The van der Waals surface area contributed by atoms with Gasteiger partial charge in [-0.2, -0.15) is 0 Å². The van der Waals surface area contributed by atoms with Crippen LogP contribution in [0.3, 0.4) is 0 Å². The Balaban J connectivity index is 1.68. The lowest BCUT2D eigenvalue weighted by Crippen LogP contribution is -2.29. The maximum atomic E-state index is 12.3. The minimum Gasteiger partial charge on any atom is -0.310 e. The lowest BCUT2D eigenvalue weighted by molar-refractivity contribution is -0.122. The highest BCUT2D eigenvalue weighted by Gasteiger charge is 2.42. The van der Waals surface area contributed by atoms with Gasteiger partial charge >= 0.3 is 0 Å². The molecule has 3 unspecified atom stereocenters. The van der Waals surface area contributed by atoms with Crippen molar-refractivity contribution in [3.63, 3.8) is 0 Å². The molecule has 0 spiro atoms. The molecule has 2 saturated heterocycles. The van der Waals surface area contributed by atoms with Crippen LogP contribution in [-0.2, 0) is 11.2 Å². The van der Waals surface area contributed by atoms with Crippen molar-refractivity contribution < 1.29 is 4.79 Å². The number of Topliss-reactive ketones (excluding diaryl/α,β-unsaturated/α-hetero) is 1. The Morgan fingerprint density at radius 2 is 2.29 bits per heavy atom. The van der Waals surface area contributed by atoms with Crippen molar-refractivity contribution >= 4 is 21.7 Å². The first-order valence-corrected chi connectivity index (χ1v) is 7.05. The van der Waals surface area contributed by atoms with Crippen LogP contribution in [0.15, 0.2) is 28.7 Å². The summed E-state index contributed by atoms with van der Waals surface area (Å²) < 4.78 is 1.05. The van der Waals surface area contributed by atoms with Crippen molar-refractivity contribution in [3.8, 4) is 0 Å². The molecule has 90 valence electrons. The third kappa shape index (κ3) is 2.31. The van der Waals surface area contributed by atoms with Gasteiger partial charge in [-0.1, -0.05) is 28.1 Å². The second-order valence-corrected chi connectivity index (χ2v) is 6.08. The molecule has 3 heteroatoms. The summed E-state index contributed by atoms with van der Waals surface area (Å²) in [6.07, 6.45) is 4.07. The van der Waals surface area contributed by atoms with Gasteiger partial charge in [-0.25, -0.2) is 0 Å². The van der Waals surface area contributed by atoms with Gasteiger partial charge in [0.25, 0.3) is 0 Å². The Morgan fingerprint density at radius 1 is 1.41 bits per heavy atom. The Kier molecular flexibility index (Phi) is 3.05. The van der Waals surface area contributed by atoms with Gasteiger partial charge in [-0.05, 0) is 37.0 Å². The fourth-order valence-electron chi connectivity index (χ4n) is 3.16. The monoisotopic (exact) mass is 293 g/mol. The molecule has 0 aliphatic carbocycles. The van der Waals surface area contributed by atoms with E-state index in [4.69, 9.17) is 0 Å². The number of carbonyl (C=O) groups is 1. The van der Waals surface area contributed by atoms with E-state index in [1.54, 1.807) is 0 Å². The van der Waals surface area contributed by atoms with Gasteiger partial charge in [0.05, 0.1) is 0 Å². The molecule has 2 aliphatic rings. The fraction of sp³-hybridized carbons (Fsp3) is 0.500. The number of nitrogens with one attached hydrogen (secondary N) is 1. The maximum Gasteiger partial charge on any atom is 0.141 e. The van der Waals surface area contributed by atoms with Crippen LogP contribution in [0.1, 0.15) is 24.8 Å². The Hall–Kier alpha value is -0.670. The van der Waals surface area contributed by atoms with Crippen LogP contribution < -0.4 is 5.32 Å². The van der Waals surface area contributed by atoms with Crippen LogP contribution >= 0.6 is 15.9 Å². The number of rotatable bonds is 3. The van der Waals surface area contributed by atoms with Crippen molar-refractivity contribution in [2.24, 2.45) is 5.92 Å². The number of ketones is 1. The zero-order chi connectivity index (χ0) is 11.8. The molecule has 0 saturated carbocycles. The first-order valence-electron chi connectivity index (χ1n) is 6.25. The molecule has 1 aromatic rings. The van der Waals surface area contributed by atoms with Crippen molar-refractivity contribution in [1.29, 1.82) is 0 Å². The van der Waals surface area contributed by atoms with Crippen LogP contribution in [0, 0.1) is 5.92 Å². The summed E-state index contributed by atoms with van der Waals surface area (Å²) in [6.45, 7) is 0. The van der Waals surface area contributed by atoms with E-state index in [9.17, 15) is 4.79 Å². The molecule has 2 bridgehead atoms. The molecule has 0 amide bonds. The smallest absolute Gasteiger partial charge is 0.141 e. The molecular weight excluding hydrogens is 278 g/mol. The van der Waals surface area contributed by atoms with Crippen LogP contribution in [0.25, 0.3) is 0 Å². The van der Waals surface area contributed by atoms with E-state index >= 15 is 0 Å². The van der Waals surface area contributed by atoms with E-state index in [1.165, 1.54) is 12.8 Å². The molecule has 0 radical (unpaired) electrons. The molecular formula is C14H16BrNO. The average Bonchev–Trinajstić information content (AvgIpc) is 2.90. The Labute approximate surface area is 110 Å². The number of carbonyl (C=O) groups excluding carboxylic acids is 1. The highest BCUT2D eigenvalue weighted by Crippen LogP contribution is 2.34. The summed E-state index contributed by atoms with van der Waals surface area (Å²) in [5.41, 5.74) is 1.12. The first kappa shape index (κ1) is 11.4. The minimum atomic E-state index is 0.257.